The summed E-state index contributed by atoms with van der Waals surface area (Å²) >= 11 is 3.42. The average molecular weight is 374 g/mol. The largest absolute Gasteiger partial charge is 0.317 e. The summed E-state index contributed by atoms with van der Waals surface area (Å²) in [5.74, 6) is 0.821. The summed E-state index contributed by atoms with van der Waals surface area (Å²) in [5.41, 5.74) is 3.49. The Morgan fingerprint density at radius 1 is 1.22 bits per heavy atom. The van der Waals surface area contributed by atoms with Crippen molar-refractivity contribution in [2.45, 2.75) is 40.2 Å². The highest BCUT2D eigenvalue weighted by molar-refractivity contribution is 9.10. The molecule has 1 N–H and O–H groups in total. The van der Waals surface area contributed by atoms with Crippen molar-refractivity contribution in [2.75, 3.05) is 0 Å². The first-order chi connectivity index (χ1) is 11.0. The lowest BCUT2D eigenvalue weighted by Crippen LogP contribution is -2.21. The molecule has 0 saturated carbocycles. The van der Waals surface area contributed by atoms with E-state index >= 15 is 0 Å². The Balaban J connectivity index is 2.25. The average Bonchev–Trinajstić information content (AvgIpc) is 2.80. The predicted molar refractivity (Wildman–Crippen MR) is 94.8 cm³/mol. The Morgan fingerprint density at radius 3 is 2.65 bits per heavy atom. The fourth-order valence-corrected chi connectivity index (χ4v) is 3.03. The van der Waals surface area contributed by atoms with Crippen molar-refractivity contribution in [3.05, 3.63) is 45.9 Å². The van der Waals surface area contributed by atoms with Gasteiger partial charge in [-0.1, -0.05) is 13.3 Å². The van der Waals surface area contributed by atoms with Crippen LogP contribution in [0.4, 0.5) is 0 Å². The molecule has 3 rings (SSSR count). The summed E-state index contributed by atoms with van der Waals surface area (Å²) in [6.45, 7) is 7.09. The summed E-state index contributed by atoms with van der Waals surface area (Å²) in [6, 6.07) is 3.92. The highest BCUT2D eigenvalue weighted by atomic mass is 79.9. The summed E-state index contributed by atoms with van der Waals surface area (Å²) in [7, 11) is 0. The first-order valence-electron chi connectivity index (χ1n) is 7.78. The van der Waals surface area contributed by atoms with Gasteiger partial charge in [-0.15, -0.1) is 0 Å². The van der Waals surface area contributed by atoms with Crippen LogP contribution >= 0.6 is 15.9 Å². The van der Waals surface area contributed by atoms with Crippen LogP contribution in [0.25, 0.3) is 16.9 Å². The van der Waals surface area contributed by atoms with Gasteiger partial charge in [0.25, 0.3) is 0 Å². The number of pyridine rings is 1. The molecule has 23 heavy (non-hydrogen) atoms. The molecule has 120 valence electrons. The number of unbranched alkanes of at least 4 members (excludes halogenated alkanes) is 1. The summed E-state index contributed by atoms with van der Waals surface area (Å²) in [5, 5.41) is 9.46. The minimum absolute atomic E-state index is 0.528. The topological polar surface area (TPSA) is 59.5 Å². The highest BCUT2D eigenvalue weighted by Gasteiger charge is 2.16. The van der Waals surface area contributed by atoms with Crippen molar-refractivity contribution in [1.29, 1.82) is 5.41 Å². The van der Waals surface area contributed by atoms with E-state index in [1.54, 1.807) is 12.5 Å². The van der Waals surface area contributed by atoms with Gasteiger partial charge in [-0.25, -0.2) is 9.97 Å². The third-order valence-electron chi connectivity index (χ3n) is 4.23. The number of aromatic nitrogens is 4. The van der Waals surface area contributed by atoms with Crippen molar-refractivity contribution in [3.8, 4) is 5.82 Å². The summed E-state index contributed by atoms with van der Waals surface area (Å²) < 4.78 is 4.90. The molecule has 0 aliphatic heterocycles. The van der Waals surface area contributed by atoms with Crippen molar-refractivity contribution in [1.82, 2.24) is 19.1 Å². The fourth-order valence-electron chi connectivity index (χ4n) is 2.80. The number of halogens is 1. The van der Waals surface area contributed by atoms with Gasteiger partial charge in [0.15, 0.2) is 5.65 Å². The van der Waals surface area contributed by atoms with E-state index in [2.05, 4.69) is 46.7 Å². The van der Waals surface area contributed by atoms with Gasteiger partial charge in [-0.05, 0) is 53.9 Å². The molecular formula is C17H20BrN5. The van der Waals surface area contributed by atoms with E-state index in [0.717, 1.165) is 52.0 Å². The standard InChI is InChI=1S/C17H20BrN5/c1-4-5-8-22-10-21-17-15(16(22)19)11(2)12(3)23(17)14-7-6-13(18)9-20-14/h6-7,9-10,19H,4-5,8H2,1-3H3. The lowest BCUT2D eigenvalue weighted by atomic mass is 10.2. The van der Waals surface area contributed by atoms with E-state index in [9.17, 15) is 0 Å². The monoisotopic (exact) mass is 373 g/mol. The van der Waals surface area contributed by atoms with E-state index in [-0.39, 0.29) is 0 Å². The zero-order valence-electron chi connectivity index (χ0n) is 13.6. The van der Waals surface area contributed by atoms with Crippen LogP contribution in [0.3, 0.4) is 0 Å². The quantitative estimate of drug-likeness (QED) is 0.754. The molecule has 0 atom stereocenters. The molecule has 3 heterocycles. The molecule has 0 saturated heterocycles. The van der Waals surface area contributed by atoms with Crippen molar-refractivity contribution in [2.24, 2.45) is 0 Å². The van der Waals surface area contributed by atoms with Crippen LogP contribution in [-0.2, 0) is 6.54 Å². The first-order valence-corrected chi connectivity index (χ1v) is 8.57. The van der Waals surface area contributed by atoms with Gasteiger partial charge in [0.2, 0.25) is 0 Å². The molecule has 0 aromatic carbocycles. The predicted octanol–water partition coefficient (Wildman–Crippen LogP) is 3.88. The molecule has 0 fully saturated rings. The number of rotatable bonds is 4. The van der Waals surface area contributed by atoms with Crippen LogP contribution in [0.2, 0.25) is 0 Å². The van der Waals surface area contributed by atoms with E-state index in [4.69, 9.17) is 5.41 Å². The second-order valence-corrected chi connectivity index (χ2v) is 6.63. The van der Waals surface area contributed by atoms with Crippen LogP contribution < -0.4 is 5.49 Å². The van der Waals surface area contributed by atoms with Crippen molar-refractivity contribution in [3.63, 3.8) is 0 Å². The summed E-state index contributed by atoms with van der Waals surface area (Å²) in [6.07, 6.45) is 5.71. The highest BCUT2D eigenvalue weighted by Crippen LogP contribution is 2.24. The van der Waals surface area contributed by atoms with Crippen LogP contribution in [0.15, 0.2) is 29.1 Å². The number of hydrogen-bond donors (Lipinski definition) is 1. The molecule has 3 aromatic heterocycles. The Bertz CT molecular complexity index is 905. The maximum atomic E-state index is 8.55. The molecular weight excluding hydrogens is 354 g/mol. The normalized spacial score (nSPS) is 11.3. The van der Waals surface area contributed by atoms with Crippen LogP contribution in [0.1, 0.15) is 31.0 Å². The smallest absolute Gasteiger partial charge is 0.151 e. The Morgan fingerprint density at radius 2 is 2.00 bits per heavy atom. The molecule has 5 nitrogen and oxygen atoms in total. The van der Waals surface area contributed by atoms with Gasteiger partial charge in [0.05, 0.1) is 11.7 Å². The Hall–Kier alpha value is -1.95. The SMILES string of the molecule is CCCCn1cnc2c(c(C)c(C)n2-c2ccc(Br)cn2)c1=N. The first kappa shape index (κ1) is 15.9. The van der Waals surface area contributed by atoms with Crippen LogP contribution in [0, 0.1) is 19.3 Å². The van der Waals surface area contributed by atoms with Gasteiger partial charge in [-0.2, -0.15) is 0 Å². The number of hydrogen-bond acceptors (Lipinski definition) is 3. The second kappa shape index (κ2) is 6.28. The molecule has 0 unspecified atom stereocenters. The van der Waals surface area contributed by atoms with Crippen molar-refractivity contribution >= 4 is 27.0 Å². The van der Waals surface area contributed by atoms with Gasteiger partial charge in [0, 0.05) is 22.9 Å². The van der Waals surface area contributed by atoms with Gasteiger partial charge >= 0.3 is 0 Å². The molecule has 0 aliphatic carbocycles. The molecule has 6 heteroatoms. The van der Waals surface area contributed by atoms with E-state index in [1.165, 1.54) is 0 Å². The van der Waals surface area contributed by atoms with Crippen molar-refractivity contribution < 1.29 is 0 Å². The van der Waals surface area contributed by atoms with Gasteiger partial charge in [-0.3, -0.25) is 9.98 Å². The minimum Gasteiger partial charge on any atom is -0.317 e. The molecule has 0 aliphatic rings. The lowest BCUT2D eigenvalue weighted by molar-refractivity contribution is 0.596. The van der Waals surface area contributed by atoms with Crippen LogP contribution in [0.5, 0.6) is 0 Å². The third kappa shape index (κ3) is 2.72. The van der Waals surface area contributed by atoms with Gasteiger partial charge < -0.3 is 4.57 Å². The second-order valence-electron chi connectivity index (χ2n) is 5.72. The van der Waals surface area contributed by atoms with E-state index < -0.39 is 0 Å². The summed E-state index contributed by atoms with van der Waals surface area (Å²) in [4.78, 5) is 9.11. The lowest BCUT2D eigenvalue weighted by Gasteiger charge is -2.08. The van der Waals surface area contributed by atoms with E-state index in [0.29, 0.717) is 5.49 Å². The fraction of sp³-hybridized carbons (Fsp3) is 0.353. The van der Waals surface area contributed by atoms with E-state index in [1.807, 2.05) is 21.3 Å². The third-order valence-corrected chi connectivity index (χ3v) is 4.69. The molecule has 0 spiro atoms. The van der Waals surface area contributed by atoms with Crippen LogP contribution in [-0.4, -0.2) is 19.1 Å². The number of aryl methyl sites for hydroxylation is 2. The molecule has 0 amide bonds. The molecule has 0 radical (unpaired) electrons. The number of nitrogens with zero attached hydrogens (tertiary/aromatic N) is 4. The zero-order valence-corrected chi connectivity index (χ0v) is 15.2. The Kier molecular flexibility index (Phi) is 4.35. The van der Waals surface area contributed by atoms with Gasteiger partial charge in [0.1, 0.15) is 11.3 Å². The molecule has 3 aromatic rings. The maximum absolute atomic E-state index is 8.55. The molecule has 0 bridgehead atoms. The maximum Gasteiger partial charge on any atom is 0.151 e. The Labute approximate surface area is 143 Å². The minimum atomic E-state index is 0.528. The number of fused-ring (bicyclic) bond motifs is 1. The number of nitrogens with one attached hydrogen (secondary N) is 1. The zero-order chi connectivity index (χ0) is 16.6.